The summed E-state index contributed by atoms with van der Waals surface area (Å²) >= 11 is 3.80. The van der Waals surface area contributed by atoms with Gasteiger partial charge in [-0.2, -0.15) is 0 Å². The Balaban J connectivity index is 1.02. The number of hydrogen-bond acceptors (Lipinski definition) is 5. The van der Waals surface area contributed by atoms with E-state index in [4.69, 9.17) is 15.0 Å². The third-order valence-electron chi connectivity index (χ3n) is 14.9. The van der Waals surface area contributed by atoms with Crippen molar-refractivity contribution in [3.05, 3.63) is 163 Å². The van der Waals surface area contributed by atoms with E-state index in [1.165, 1.54) is 106 Å². The van der Waals surface area contributed by atoms with Crippen molar-refractivity contribution in [1.82, 2.24) is 15.0 Å². The molecule has 0 amide bonds. The van der Waals surface area contributed by atoms with Crippen molar-refractivity contribution in [2.75, 3.05) is 0 Å². The molecule has 0 N–H and O–H groups in total. The van der Waals surface area contributed by atoms with Crippen molar-refractivity contribution in [3.63, 3.8) is 0 Å². The van der Waals surface area contributed by atoms with Gasteiger partial charge in [0.1, 0.15) is 0 Å². The van der Waals surface area contributed by atoms with Crippen LogP contribution in [0.4, 0.5) is 0 Å². The van der Waals surface area contributed by atoms with Crippen LogP contribution < -0.4 is 0 Å². The van der Waals surface area contributed by atoms with E-state index >= 15 is 0 Å². The summed E-state index contributed by atoms with van der Waals surface area (Å²) in [4.78, 5) is 16.3. The first kappa shape index (κ1) is 33.8. The summed E-state index contributed by atoms with van der Waals surface area (Å²) < 4.78 is 5.36. The smallest absolute Gasteiger partial charge is 0.164 e. The van der Waals surface area contributed by atoms with Gasteiger partial charge in [-0.25, -0.2) is 15.0 Å². The number of rotatable bonds is 4. The predicted molar refractivity (Wildman–Crippen MR) is 251 cm³/mol. The van der Waals surface area contributed by atoms with Crippen LogP contribution in [-0.2, 0) is 5.41 Å². The van der Waals surface area contributed by atoms with Gasteiger partial charge in [-0.15, -0.1) is 22.7 Å². The molecule has 1 spiro atoms. The minimum Gasteiger partial charge on any atom is -0.208 e. The fourth-order valence-electron chi connectivity index (χ4n) is 12.9. The maximum Gasteiger partial charge on any atom is 0.164 e. The number of aromatic nitrogens is 3. The van der Waals surface area contributed by atoms with Gasteiger partial charge in [0.2, 0.25) is 0 Å². The number of nitrogens with zero attached hydrogens (tertiary/aromatic N) is 3. The molecule has 4 fully saturated rings. The number of benzene rings is 7. The van der Waals surface area contributed by atoms with Crippen LogP contribution in [0.15, 0.2) is 152 Å². The molecule has 286 valence electrons. The van der Waals surface area contributed by atoms with E-state index in [-0.39, 0.29) is 5.41 Å². The summed E-state index contributed by atoms with van der Waals surface area (Å²) in [7, 11) is 0. The molecule has 15 rings (SSSR count). The summed E-state index contributed by atoms with van der Waals surface area (Å²) in [5, 5.41) is 5.43. The van der Waals surface area contributed by atoms with Crippen molar-refractivity contribution < 1.29 is 0 Å². The average molecular weight is 806 g/mol. The Labute approximate surface area is 356 Å². The summed E-state index contributed by atoms with van der Waals surface area (Å²) in [5.41, 5.74) is 11.4. The fourth-order valence-corrected chi connectivity index (χ4v) is 15.2. The molecule has 7 aromatic carbocycles. The van der Waals surface area contributed by atoms with Gasteiger partial charge < -0.3 is 0 Å². The molecule has 3 heterocycles. The maximum atomic E-state index is 5.56. The normalized spacial score (nSPS) is 22.4. The molecule has 5 aliphatic carbocycles. The van der Waals surface area contributed by atoms with E-state index < -0.39 is 0 Å². The minimum atomic E-state index is -0.0620. The number of hydrogen-bond donors (Lipinski definition) is 0. The summed E-state index contributed by atoms with van der Waals surface area (Å²) in [5.74, 6) is 5.12. The maximum absolute atomic E-state index is 5.56. The molecule has 4 saturated carbocycles. The van der Waals surface area contributed by atoms with Crippen molar-refractivity contribution >= 4 is 63.0 Å². The topological polar surface area (TPSA) is 38.7 Å². The molecular weight excluding hydrogens is 767 g/mol. The second-order valence-electron chi connectivity index (χ2n) is 17.9. The van der Waals surface area contributed by atoms with E-state index in [1.54, 1.807) is 5.56 Å². The largest absolute Gasteiger partial charge is 0.208 e. The van der Waals surface area contributed by atoms with Crippen LogP contribution in [0.25, 0.3) is 96.8 Å². The molecule has 4 bridgehead atoms. The first-order valence-electron chi connectivity index (χ1n) is 21.6. The first-order chi connectivity index (χ1) is 29.7. The lowest BCUT2D eigenvalue weighted by Gasteiger charge is -2.61. The second-order valence-corrected chi connectivity index (χ2v) is 20.1. The van der Waals surface area contributed by atoms with Crippen molar-refractivity contribution in [2.24, 2.45) is 23.7 Å². The molecule has 60 heavy (non-hydrogen) atoms. The van der Waals surface area contributed by atoms with Crippen molar-refractivity contribution in [2.45, 2.75) is 37.5 Å². The Morgan fingerprint density at radius 1 is 0.417 bits per heavy atom. The van der Waals surface area contributed by atoms with E-state index in [0.29, 0.717) is 23.5 Å². The number of fused-ring (bicyclic) bond motifs is 10. The van der Waals surface area contributed by atoms with E-state index in [9.17, 15) is 0 Å². The third-order valence-corrected chi connectivity index (χ3v) is 17.2. The lowest BCUT2D eigenvalue weighted by atomic mass is 9.43. The van der Waals surface area contributed by atoms with Gasteiger partial charge in [-0.1, -0.05) is 121 Å². The highest BCUT2D eigenvalue weighted by Gasteiger charge is 2.62. The molecule has 10 aromatic rings. The monoisotopic (exact) mass is 805 g/mol. The first-order valence-corrected chi connectivity index (χ1v) is 23.2. The molecule has 0 radical (unpaired) electrons. The van der Waals surface area contributed by atoms with Gasteiger partial charge in [0.15, 0.2) is 17.5 Å². The lowest BCUT2D eigenvalue weighted by Crippen LogP contribution is -2.55. The Bertz CT molecular complexity index is 3380. The van der Waals surface area contributed by atoms with Gasteiger partial charge in [0, 0.05) is 62.4 Å². The average Bonchev–Trinajstić information content (AvgIpc) is 3.97. The zero-order valence-electron chi connectivity index (χ0n) is 32.9. The Hall–Kier alpha value is -6.01. The molecule has 0 atom stereocenters. The van der Waals surface area contributed by atoms with Crippen LogP contribution in [-0.4, -0.2) is 15.0 Å². The highest BCUT2D eigenvalue weighted by Crippen LogP contribution is 2.71. The Morgan fingerprint density at radius 3 is 1.73 bits per heavy atom. The van der Waals surface area contributed by atoms with Crippen LogP contribution in [0.1, 0.15) is 43.2 Å². The van der Waals surface area contributed by atoms with Gasteiger partial charge in [0.05, 0.1) is 0 Å². The van der Waals surface area contributed by atoms with Crippen LogP contribution in [0.2, 0.25) is 0 Å². The lowest BCUT2D eigenvalue weighted by molar-refractivity contribution is -0.0397. The molecule has 3 aromatic heterocycles. The molecule has 5 heteroatoms. The van der Waals surface area contributed by atoms with Crippen LogP contribution in [0.5, 0.6) is 0 Å². The van der Waals surface area contributed by atoms with Crippen molar-refractivity contribution in [3.8, 4) is 56.4 Å². The Kier molecular flexibility index (Phi) is 7.04. The van der Waals surface area contributed by atoms with Crippen molar-refractivity contribution in [1.29, 1.82) is 0 Å². The highest BCUT2D eigenvalue weighted by molar-refractivity contribution is 7.26. The van der Waals surface area contributed by atoms with Crippen LogP contribution in [0.3, 0.4) is 0 Å². The molecule has 0 unspecified atom stereocenters. The minimum absolute atomic E-state index is 0.0620. The quantitative estimate of drug-likeness (QED) is 0.178. The predicted octanol–water partition coefficient (Wildman–Crippen LogP) is 15.0. The van der Waals surface area contributed by atoms with Crippen LogP contribution in [0, 0.1) is 23.7 Å². The van der Waals surface area contributed by atoms with Gasteiger partial charge in [-0.3, -0.25) is 0 Å². The molecule has 0 aliphatic heterocycles. The van der Waals surface area contributed by atoms with E-state index in [0.717, 1.165) is 28.8 Å². The fraction of sp³-hybridized carbons (Fsp3) is 0.182. The number of thiophene rings is 2. The molecule has 3 nitrogen and oxygen atoms in total. The summed E-state index contributed by atoms with van der Waals surface area (Å²) in [6.45, 7) is 0. The van der Waals surface area contributed by atoms with Gasteiger partial charge in [-0.05, 0) is 119 Å². The molecule has 0 saturated heterocycles. The van der Waals surface area contributed by atoms with Gasteiger partial charge in [0.25, 0.3) is 0 Å². The van der Waals surface area contributed by atoms with E-state index in [2.05, 4.69) is 152 Å². The molecule has 5 aliphatic rings. The molecular formula is C55H39N3S2. The highest BCUT2D eigenvalue weighted by atomic mass is 32.1. The van der Waals surface area contributed by atoms with Crippen LogP contribution >= 0.6 is 22.7 Å². The SMILES string of the molecule is c1ccc(-c2nc(-c3cccc(-c4cccc5sc6ccccc6c45)c3)nc(-c3cccc4c3C3(c5ccc6sc7ccccc7c6c5-4)C4CC5CC(C4)CC3C5)n2)cc1. The standard InChI is InChI=1S/C55H39N3S2/c1-2-11-33(12-3-1)52-56-53(35-14-8-13-34(30-35)38-17-10-22-46-48(38)39-15-4-6-20-44(39)59-46)58-54(57-52)42-19-9-18-41-49-43(23-24-47-50(49)40-16-5-7-21-45(40)60-47)55(51(41)42)36-26-31-25-32(28-36)29-37(55)27-31/h1-24,30-32,36-37H,25-29H2. The summed E-state index contributed by atoms with van der Waals surface area (Å²) in [6, 6.07) is 55.9. The van der Waals surface area contributed by atoms with Gasteiger partial charge >= 0.3 is 0 Å². The zero-order valence-corrected chi connectivity index (χ0v) is 34.6. The second kappa shape index (κ2) is 12.5. The third kappa shape index (κ3) is 4.62. The summed E-state index contributed by atoms with van der Waals surface area (Å²) in [6.07, 6.45) is 6.70. The Morgan fingerprint density at radius 2 is 0.967 bits per heavy atom. The van der Waals surface area contributed by atoms with E-state index in [1.807, 2.05) is 22.7 Å². The zero-order chi connectivity index (χ0) is 39.1.